The summed E-state index contributed by atoms with van der Waals surface area (Å²) in [5, 5.41) is 8.97. The van der Waals surface area contributed by atoms with Gasteiger partial charge in [0.2, 0.25) is 0 Å². The molecule has 28 heavy (non-hydrogen) atoms. The normalized spacial score (nSPS) is 15.4. The number of carboxylic acid groups (broad SMARTS) is 1. The summed E-state index contributed by atoms with van der Waals surface area (Å²) in [4.78, 5) is 24.9. The van der Waals surface area contributed by atoms with Crippen LogP contribution < -0.4 is 10.3 Å². The summed E-state index contributed by atoms with van der Waals surface area (Å²) in [6.07, 6.45) is 3.28. The number of hydrogen-bond donors (Lipinski definition) is 1. The zero-order valence-electron chi connectivity index (χ0n) is 15.4. The van der Waals surface area contributed by atoms with E-state index in [2.05, 4.69) is 0 Å². The van der Waals surface area contributed by atoms with Crippen LogP contribution >= 0.6 is 0 Å². The fourth-order valence-corrected chi connectivity index (χ4v) is 3.75. The second-order valence-corrected chi connectivity index (χ2v) is 8.88. The van der Waals surface area contributed by atoms with Crippen molar-refractivity contribution in [3.05, 3.63) is 52.9 Å². The Labute approximate surface area is 162 Å². The maximum atomic E-state index is 12.4. The van der Waals surface area contributed by atoms with Crippen LogP contribution in [-0.4, -0.2) is 55.0 Å². The smallest absolute Gasteiger partial charge is 0.407 e. The molecule has 8 nitrogen and oxygen atoms in total. The predicted molar refractivity (Wildman–Crippen MR) is 103 cm³/mol. The number of hydrogen-bond acceptors (Lipinski definition) is 5. The highest BCUT2D eigenvalue weighted by molar-refractivity contribution is 7.90. The number of aromatic nitrogens is 1. The average molecular weight is 406 g/mol. The molecule has 1 fully saturated rings. The first-order chi connectivity index (χ1) is 13.2. The van der Waals surface area contributed by atoms with Gasteiger partial charge < -0.3 is 14.7 Å². The van der Waals surface area contributed by atoms with Crippen LogP contribution in [0.3, 0.4) is 0 Å². The first-order valence-corrected chi connectivity index (χ1v) is 10.8. The number of likely N-dealkylation sites (tertiary alicyclic amines) is 1. The van der Waals surface area contributed by atoms with Crippen LogP contribution in [0.15, 0.2) is 52.3 Å². The Kier molecular flexibility index (Phi) is 5.73. The number of piperidine rings is 1. The van der Waals surface area contributed by atoms with Gasteiger partial charge in [-0.2, -0.15) is 0 Å². The summed E-state index contributed by atoms with van der Waals surface area (Å²) in [6.45, 7) is 1.42. The second-order valence-electron chi connectivity index (χ2n) is 6.86. The lowest BCUT2D eigenvalue weighted by Gasteiger charge is -2.29. The Morgan fingerprint density at radius 1 is 1.18 bits per heavy atom. The highest BCUT2D eigenvalue weighted by Gasteiger charge is 2.22. The van der Waals surface area contributed by atoms with Crippen LogP contribution in [0.1, 0.15) is 12.8 Å². The maximum Gasteiger partial charge on any atom is 0.407 e. The van der Waals surface area contributed by atoms with Gasteiger partial charge in [0.1, 0.15) is 5.75 Å². The molecule has 9 heteroatoms. The fraction of sp³-hybridized carbons (Fsp3) is 0.368. The Morgan fingerprint density at radius 3 is 2.36 bits per heavy atom. The van der Waals surface area contributed by atoms with Gasteiger partial charge in [0.15, 0.2) is 9.84 Å². The molecule has 0 bridgehead atoms. The highest BCUT2D eigenvalue weighted by Crippen LogP contribution is 2.19. The van der Waals surface area contributed by atoms with Crippen molar-refractivity contribution in [3.8, 4) is 11.4 Å². The fourth-order valence-electron chi connectivity index (χ4n) is 3.12. The highest BCUT2D eigenvalue weighted by atomic mass is 32.2. The monoisotopic (exact) mass is 406 g/mol. The van der Waals surface area contributed by atoms with Crippen molar-refractivity contribution in [2.24, 2.45) is 5.92 Å². The molecule has 0 aliphatic carbocycles. The summed E-state index contributed by atoms with van der Waals surface area (Å²) in [5.74, 6) is 0.705. The van der Waals surface area contributed by atoms with Crippen LogP contribution in [0.4, 0.5) is 4.79 Å². The van der Waals surface area contributed by atoms with Crippen molar-refractivity contribution in [2.45, 2.75) is 17.7 Å². The number of benzene rings is 1. The number of rotatable bonds is 5. The number of amides is 1. The Hall–Kier alpha value is -2.81. The number of sulfone groups is 1. The zero-order chi connectivity index (χ0) is 20.3. The molecule has 1 aliphatic heterocycles. The van der Waals surface area contributed by atoms with E-state index in [4.69, 9.17) is 9.84 Å². The van der Waals surface area contributed by atoms with Gasteiger partial charge in [0.05, 0.1) is 11.5 Å². The van der Waals surface area contributed by atoms with Crippen LogP contribution in [0.5, 0.6) is 5.75 Å². The van der Waals surface area contributed by atoms with Gasteiger partial charge in [-0.25, -0.2) is 13.2 Å². The summed E-state index contributed by atoms with van der Waals surface area (Å²) in [7, 11) is -3.29. The SMILES string of the molecule is CS(=O)(=O)c1ccc(-n2ccc(OCC3CCN(C(=O)O)CC3)cc2=O)cc1. The zero-order valence-corrected chi connectivity index (χ0v) is 16.3. The van der Waals surface area contributed by atoms with E-state index < -0.39 is 15.9 Å². The third-order valence-corrected chi connectivity index (χ3v) is 5.93. The first-order valence-electron chi connectivity index (χ1n) is 8.88. The molecule has 1 aromatic heterocycles. The third-order valence-electron chi connectivity index (χ3n) is 4.80. The van der Waals surface area contributed by atoms with Crippen molar-refractivity contribution in [1.29, 1.82) is 0 Å². The largest absolute Gasteiger partial charge is 0.493 e. The molecule has 1 aliphatic rings. The second kappa shape index (κ2) is 8.05. The quantitative estimate of drug-likeness (QED) is 0.814. The van der Waals surface area contributed by atoms with Gasteiger partial charge >= 0.3 is 6.09 Å². The van der Waals surface area contributed by atoms with Crippen LogP contribution in [0.25, 0.3) is 5.69 Å². The minimum atomic E-state index is -3.29. The van der Waals surface area contributed by atoms with Crippen LogP contribution in [0, 0.1) is 5.92 Å². The number of ether oxygens (including phenoxy) is 1. The van der Waals surface area contributed by atoms with Gasteiger partial charge in [-0.15, -0.1) is 0 Å². The molecule has 0 unspecified atom stereocenters. The summed E-state index contributed by atoms with van der Waals surface area (Å²) >= 11 is 0. The molecular weight excluding hydrogens is 384 g/mol. The van der Waals surface area contributed by atoms with Gasteiger partial charge in [-0.3, -0.25) is 9.36 Å². The van der Waals surface area contributed by atoms with Crippen molar-refractivity contribution < 1.29 is 23.1 Å². The molecule has 1 aromatic carbocycles. The molecule has 2 aromatic rings. The lowest BCUT2D eigenvalue weighted by molar-refractivity contribution is 0.111. The summed E-state index contributed by atoms with van der Waals surface area (Å²) < 4.78 is 30.2. The lowest BCUT2D eigenvalue weighted by Crippen LogP contribution is -2.38. The molecule has 0 saturated carbocycles. The van der Waals surface area contributed by atoms with Crippen molar-refractivity contribution in [2.75, 3.05) is 26.0 Å². The number of nitrogens with zero attached hydrogens (tertiary/aromatic N) is 2. The van der Waals surface area contributed by atoms with E-state index in [1.807, 2.05) is 0 Å². The molecule has 0 spiro atoms. The molecule has 2 heterocycles. The van der Waals surface area contributed by atoms with Crippen LogP contribution in [-0.2, 0) is 9.84 Å². The molecule has 0 radical (unpaired) electrons. The standard InChI is InChI=1S/C19H22N2O6S/c1-28(25,26)17-4-2-15(3-5-17)21-11-8-16(12-18(21)22)27-13-14-6-9-20(10-7-14)19(23)24/h2-5,8,11-12,14H,6-7,9-10,13H2,1H3,(H,23,24). The van der Waals surface area contributed by atoms with E-state index in [0.717, 1.165) is 19.1 Å². The van der Waals surface area contributed by atoms with Crippen molar-refractivity contribution in [3.63, 3.8) is 0 Å². The molecule has 3 rings (SSSR count). The van der Waals surface area contributed by atoms with Crippen molar-refractivity contribution in [1.82, 2.24) is 9.47 Å². The summed E-state index contributed by atoms with van der Waals surface area (Å²) in [6, 6.07) is 9.15. The Balaban J connectivity index is 1.63. The van der Waals surface area contributed by atoms with E-state index in [-0.39, 0.29) is 16.4 Å². The minimum absolute atomic E-state index is 0.193. The van der Waals surface area contributed by atoms with E-state index in [0.29, 0.717) is 31.1 Å². The number of pyridine rings is 1. The van der Waals surface area contributed by atoms with E-state index in [1.165, 1.54) is 27.7 Å². The molecular formula is C19H22N2O6S. The maximum absolute atomic E-state index is 12.4. The third kappa shape index (κ3) is 4.72. The summed E-state index contributed by atoms with van der Waals surface area (Å²) in [5.41, 5.74) is 0.273. The molecule has 0 atom stereocenters. The van der Waals surface area contributed by atoms with Gasteiger partial charge in [-0.05, 0) is 49.1 Å². The van der Waals surface area contributed by atoms with Crippen LogP contribution in [0.2, 0.25) is 0 Å². The Morgan fingerprint density at radius 2 is 1.82 bits per heavy atom. The topological polar surface area (TPSA) is 106 Å². The first kappa shape index (κ1) is 19.9. The lowest BCUT2D eigenvalue weighted by atomic mass is 9.98. The Bertz CT molecular complexity index is 1010. The average Bonchev–Trinajstić information content (AvgIpc) is 2.66. The van der Waals surface area contributed by atoms with Gasteiger partial charge in [-0.1, -0.05) is 0 Å². The minimum Gasteiger partial charge on any atom is -0.493 e. The number of carbonyl (C=O) groups is 1. The van der Waals surface area contributed by atoms with Gasteiger partial charge in [0, 0.05) is 37.3 Å². The molecule has 1 saturated heterocycles. The molecule has 1 amide bonds. The van der Waals surface area contributed by atoms with Gasteiger partial charge in [0.25, 0.3) is 5.56 Å². The predicted octanol–water partition coefficient (Wildman–Crippen LogP) is 2.01. The van der Waals surface area contributed by atoms with Crippen molar-refractivity contribution >= 4 is 15.9 Å². The van der Waals surface area contributed by atoms with E-state index in [1.54, 1.807) is 24.4 Å². The molecule has 150 valence electrons. The van der Waals surface area contributed by atoms with E-state index >= 15 is 0 Å². The molecule has 1 N–H and O–H groups in total. The van der Waals surface area contributed by atoms with E-state index in [9.17, 15) is 18.0 Å².